The molecule has 2 aromatic rings. The highest BCUT2D eigenvalue weighted by molar-refractivity contribution is 5.94. The first-order valence-electron chi connectivity index (χ1n) is 9.00. The fraction of sp³-hybridized carbons (Fsp3) is 0.333. The van der Waals surface area contributed by atoms with Crippen LogP contribution in [0.15, 0.2) is 42.5 Å². The Balaban J connectivity index is 1.68. The summed E-state index contributed by atoms with van der Waals surface area (Å²) in [6, 6.07) is 11.8. The van der Waals surface area contributed by atoms with Crippen molar-refractivity contribution < 1.29 is 18.7 Å². The Morgan fingerprint density at radius 1 is 1.04 bits per heavy atom. The van der Waals surface area contributed by atoms with E-state index < -0.39 is 11.7 Å². The molecule has 0 aliphatic carbocycles. The van der Waals surface area contributed by atoms with Crippen LogP contribution in [-0.2, 0) is 11.3 Å². The van der Waals surface area contributed by atoms with Crippen LogP contribution >= 0.6 is 0 Å². The highest BCUT2D eigenvalue weighted by Crippen LogP contribution is 2.11. The number of rotatable bonds is 9. The van der Waals surface area contributed by atoms with Gasteiger partial charge in [0.15, 0.2) is 0 Å². The highest BCUT2D eigenvalue weighted by Gasteiger charge is 2.11. The third-order valence-electron chi connectivity index (χ3n) is 3.95. The summed E-state index contributed by atoms with van der Waals surface area (Å²) in [4.78, 5) is 23.6. The number of nitrogens with one attached hydrogen (secondary N) is 2. The fourth-order valence-corrected chi connectivity index (χ4v) is 2.46. The van der Waals surface area contributed by atoms with E-state index in [1.807, 2.05) is 19.1 Å². The van der Waals surface area contributed by atoms with E-state index in [-0.39, 0.29) is 18.1 Å². The van der Waals surface area contributed by atoms with Crippen LogP contribution in [-0.4, -0.2) is 31.5 Å². The molecule has 0 aromatic heterocycles. The van der Waals surface area contributed by atoms with Crippen LogP contribution in [0.2, 0.25) is 0 Å². The molecule has 0 bridgehead atoms. The molecular weight excluding hydrogens is 347 g/mol. The van der Waals surface area contributed by atoms with E-state index in [0.29, 0.717) is 37.2 Å². The van der Waals surface area contributed by atoms with Crippen LogP contribution in [0.5, 0.6) is 0 Å². The summed E-state index contributed by atoms with van der Waals surface area (Å²) < 4.78 is 19.5. The summed E-state index contributed by atoms with van der Waals surface area (Å²) in [7, 11) is 0. The van der Waals surface area contributed by atoms with Gasteiger partial charge in [-0.3, -0.25) is 9.59 Å². The van der Waals surface area contributed by atoms with E-state index in [4.69, 9.17) is 4.74 Å². The van der Waals surface area contributed by atoms with Crippen molar-refractivity contribution in [2.75, 3.05) is 19.7 Å². The van der Waals surface area contributed by atoms with E-state index in [1.165, 1.54) is 12.1 Å². The Morgan fingerprint density at radius 2 is 1.78 bits per heavy atom. The van der Waals surface area contributed by atoms with E-state index in [2.05, 4.69) is 10.6 Å². The molecule has 0 radical (unpaired) electrons. The minimum Gasteiger partial charge on any atom is -0.377 e. The largest absolute Gasteiger partial charge is 0.377 e. The van der Waals surface area contributed by atoms with Crippen LogP contribution in [0.4, 0.5) is 4.39 Å². The Labute approximate surface area is 158 Å². The molecule has 0 heterocycles. The first-order chi connectivity index (χ1) is 13.0. The molecule has 5 nitrogen and oxygen atoms in total. The zero-order chi connectivity index (χ0) is 19.6. The van der Waals surface area contributed by atoms with Crippen LogP contribution in [0.25, 0.3) is 0 Å². The summed E-state index contributed by atoms with van der Waals surface area (Å²) in [6.07, 6.45) is 0.650. The number of halogens is 1. The van der Waals surface area contributed by atoms with Gasteiger partial charge in [-0.2, -0.15) is 0 Å². The molecule has 0 aliphatic rings. The fourth-order valence-electron chi connectivity index (χ4n) is 2.46. The van der Waals surface area contributed by atoms with Gasteiger partial charge >= 0.3 is 0 Å². The average Bonchev–Trinajstić information content (AvgIpc) is 2.65. The molecular formula is C21H25FN2O3. The van der Waals surface area contributed by atoms with E-state index >= 15 is 0 Å². The van der Waals surface area contributed by atoms with Crippen molar-refractivity contribution in [1.82, 2.24) is 10.6 Å². The molecule has 0 saturated carbocycles. The second-order valence-corrected chi connectivity index (χ2v) is 6.20. The second kappa shape index (κ2) is 10.4. The predicted octanol–water partition coefficient (Wildman–Crippen LogP) is 3.22. The summed E-state index contributed by atoms with van der Waals surface area (Å²) in [5.74, 6) is -1.10. The van der Waals surface area contributed by atoms with Gasteiger partial charge in [0.25, 0.3) is 11.8 Å². The number of hydrogen-bond acceptors (Lipinski definition) is 3. The normalized spacial score (nSPS) is 10.5. The van der Waals surface area contributed by atoms with Crippen LogP contribution in [0.1, 0.15) is 45.2 Å². The van der Waals surface area contributed by atoms with Gasteiger partial charge in [-0.25, -0.2) is 4.39 Å². The average molecular weight is 372 g/mol. The SMILES string of the molecule is CCNC(=O)c1ccc(COCCCNC(=O)c2ccc(C)cc2)cc1F. The van der Waals surface area contributed by atoms with Gasteiger partial charge in [0.05, 0.1) is 12.2 Å². The molecule has 27 heavy (non-hydrogen) atoms. The topological polar surface area (TPSA) is 67.4 Å². The van der Waals surface area contributed by atoms with Crippen molar-refractivity contribution in [2.24, 2.45) is 0 Å². The van der Waals surface area contributed by atoms with Crippen molar-refractivity contribution in [2.45, 2.75) is 26.9 Å². The molecule has 144 valence electrons. The molecule has 0 atom stereocenters. The van der Waals surface area contributed by atoms with Crippen LogP contribution in [0, 0.1) is 12.7 Å². The molecule has 2 rings (SSSR count). The number of aryl methyl sites for hydroxylation is 1. The van der Waals surface area contributed by atoms with Crippen LogP contribution in [0.3, 0.4) is 0 Å². The standard InChI is InChI=1S/C21H25FN2O3/c1-3-23-21(26)18-10-7-16(13-19(18)22)14-27-12-4-11-24-20(25)17-8-5-15(2)6-9-17/h5-10,13H,3-4,11-12,14H2,1-2H3,(H,23,26)(H,24,25). The minimum atomic E-state index is -0.563. The van der Waals surface area contributed by atoms with Gasteiger partial charge in [0.1, 0.15) is 5.82 Å². The number of hydrogen-bond donors (Lipinski definition) is 2. The Bertz CT molecular complexity index is 775. The molecule has 2 amide bonds. The molecule has 0 fully saturated rings. The van der Waals surface area contributed by atoms with Crippen molar-refractivity contribution >= 4 is 11.8 Å². The van der Waals surface area contributed by atoms with Crippen molar-refractivity contribution in [1.29, 1.82) is 0 Å². The third kappa shape index (κ3) is 6.49. The summed E-state index contributed by atoms with van der Waals surface area (Å²) in [5, 5.41) is 5.40. The van der Waals surface area contributed by atoms with E-state index in [1.54, 1.807) is 25.1 Å². The lowest BCUT2D eigenvalue weighted by Gasteiger charge is -2.08. The number of ether oxygens (including phenoxy) is 1. The number of carbonyl (C=O) groups excluding carboxylic acids is 2. The van der Waals surface area contributed by atoms with Crippen molar-refractivity contribution in [3.8, 4) is 0 Å². The summed E-state index contributed by atoms with van der Waals surface area (Å²) in [6.45, 7) is 5.38. The quantitative estimate of drug-likeness (QED) is 0.664. The first-order valence-corrected chi connectivity index (χ1v) is 9.00. The minimum absolute atomic E-state index is 0.0272. The zero-order valence-electron chi connectivity index (χ0n) is 15.7. The van der Waals surface area contributed by atoms with Gasteiger partial charge < -0.3 is 15.4 Å². The predicted molar refractivity (Wildman–Crippen MR) is 102 cm³/mol. The Morgan fingerprint density at radius 3 is 2.44 bits per heavy atom. The van der Waals surface area contributed by atoms with Gasteiger partial charge in [-0.15, -0.1) is 0 Å². The molecule has 2 aromatic carbocycles. The van der Waals surface area contributed by atoms with E-state index in [9.17, 15) is 14.0 Å². The second-order valence-electron chi connectivity index (χ2n) is 6.20. The molecule has 0 spiro atoms. The lowest BCUT2D eigenvalue weighted by molar-refractivity contribution is 0.0928. The highest BCUT2D eigenvalue weighted by atomic mass is 19.1. The number of amides is 2. The molecule has 0 aliphatic heterocycles. The Hall–Kier alpha value is -2.73. The molecule has 6 heteroatoms. The molecule has 0 saturated heterocycles. The maximum absolute atomic E-state index is 14.0. The summed E-state index contributed by atoms with van der Waals surface area (Å²) >= 11 is 0. The smallest absolute Gasteiger partial charge is 0.254 e. The van der Waals surface area contributed by atoms with Crippen molar-refractivity contribution in [3.05, 3.63) is 70.5 Å². The maximum Gasteiger partial charge on any atom is 0.254 e. The van der Waals surface area contributed by atoms with Gasteiger partial charge in [-0.05, 0) is 50.1 Å². The number of carbonyl (C=O) groups is 2. The van der Waals surface area contributed by atoms with Gasteiger partial charge in [0, 0.05) is 25.3 Å². The lowest BCUT2D eigenvalue weighted by atomic mass is 10.1. The third-order valence-corrected chi connectivity index (χ3v) is 3.95. The maximum atomic E-state index is 14.0. The molecule has 0 unspecified atom stereocenters. The van der Waals surface area contributed by atoms with Crippen molar-refractivity contribution in [3.63, 3.8) is 0 Å². The van der Waals surface area contributed by atoms with Gasteiger partial charge in [-0.1, -0.05) is 23.8 Å². The summed E-state index contributed by atoms with van der Waals surface area (Å²) in [5.41, 5.74) is 2.42. The zero-order valence-corrected chi connectivity index (χ0v) is 15.7. The van der Waals surface area contributed by atoms with Crippen LogP contribution < -0.4 is 10.6 Å². The number of benzene rings is 2. The lowest BCUT2D eigenvalue weighted by Crippen LogP contribution is -2.25. The van der Waals surface area contributed by atoms with E-state index in [0.717, 1.165) is 5.56 Å². The monoisotopic (exact) mass is 372 g/mol. The first kappa shape index (κ1) is 20.6. The molecule has 2 N–H and O–H groups in total. The Kier molecular flexibility index (Phi) is 7.95. The van der Waals surface area contributed by atoms with Gasteiger partial charge in [0.2, 0.25) is 0 Å².